The fourth-order valence-corrected chi connectivity index (χ4v) is 0.868. The summed E-state index contributed by atoms with van der Waals surface area (Å²) in [6.07, 6.45) is 0. The Hall–Kier alpha value is -0.880. The van der Waals surface area contributed by atoms with Crippen LogP contribution >= 0.6 is 0 Å². The Morgan fingerprint density at radius 2 is 2.09 bits per heavy atom. The molecule has 11 heavy (non-hydrogen) atoms. The van der Waals surface area contributed by atoms with Crippen LogP contribution in [0.15, 0.2) is 11.5 Å². The Labute approximate surface area is 65.3 Å². The molecule has 0 aromatic carbocycles. The number of nitrogens with two attached hydrogens (primary N) is 1. The molecule has 6 heteroatoms. The second-order valence-electron chi connectivity index (χ2n) is 1.99. The zero-order valence-electron chi connectivity index (χ0n) is 6.12. The van der Waals surface area contributed by atoms with Crippen molar-refractivity contribution in [3.05, 3.63) is 11.5 Å². The van der Waals surface area contributed by atoms with Crippen molar-refractivity contribution in [1.82, 2.24) is 4.72 Å². The number of hydrogen-bond acceptors (Lipinski definition) is 3. The van der Waals surface area contributed by atoms with Gasteiger partial charge in [0, 0.05) is 4.91 Å². The summed E-state index contributed by atoms with van der Waals surface area (Å²) in [6.45, 7) is 4.13. The van der Waals surface area contributed by atoms with E-state index >= 15 is 0 Å². The lowest BCUT2D eigenvalue weighted by atomic mass is 10.7. The van der Waals surface area contributed by atoms with E-state index in [2.05, 4.69) is 6.58 Å². The minimum Gasteiger partial charge on any atom is -0.369 e. The van der Waals surface area contributed by atoms with E-state index in [1.54, 1.807) is 0 Å². The van der Waals surface area contributed by atoms with Gasteiger partial charge in [-0.3, -0.25) is 4.79 Å². The lowest BCUT2D eigenvalue weighted by Crippen LogP contribution is -2.33. The number of amides is 1. The SMILES string of the molecule is C=C(C)S(=O)(=O)NCC(N)=O. The summed E-state index contributed by atoms with van der Waals surface area (Å²) in [6, 6.07) is 0. The van der Waals surface area contributed by atoms with Gasteiger partial charge in [0.05, 0.1) is 6.54 Å². The molecule has 0 bridgehead atoms. The van der Waals surface area contributed by atoms with Crippen molar-refractivity contribution in [2.45, 2.75) is 6.92 Å². The molecule has 0 aromatic heterocycles. The molecule has 3 N–H and O–H groups in total. The van der Waals surface area contributed by atoms with Crippen molar-refractivity contribution in [3.63, 3.8) is 0 Å². The highest BCUT2D eigenvalue weighted by Crippen LogP contribution is 1.96. The number of carbonyl (C=O) groups excluding carboxylic acids is 1. The van der Waals surface area contributed by atoms with Crippen LogP contribution in [0.3, 0.4) is 0 Å². The quantitative estimate of drug-likeness (QED) is 0.574. The van der Waals surface area contributed by atoms with Crippen LogP contribution in [0.2, 0.25) is 0 Å². The predicted molar refractivity (Wildman–Crippen MR) is 40.9 cm³/mol. The molecule has 0 rings (SSSR count). The van der Waals surface area contributed by atoms with Crippen LogP contribution in [0.1, 0.15) is 6.92 Å². The van der Waals surface area contributed by atoms with E-state index in [0.29, 0.717) is 0 Å². The Balaban J connectivity index is 4.17. The van der Waals surface area contributed by atoms with E-state index in [9.17, 15) is 13.2 Å². The first-order valence-corrected chi connectivity index (χ1v) is 4.28. The molecule has 0 fully saturated rings. The Kier molecular flexibility index (Phi) is 3.21. The number of hydrogen-bond donors (Lipinski definition) is 2. The van der Waals surface area contributed by atoms with Crippen molar-refractivity contribution in [3.8, 4) is 0 Å². The van der Waals surface area contributed by atoms with Gasteiger partial charge < -0.3 is 5.73 Å². The van der Waals surface area contributed by atoms with Gasteiger partial charge in [0.1, 0.15) is 0 Å². The van der Waals surface area contributed by atoms with E-state index in [1.807, 2.05) is 4.72 Å². The molecule has 0 aromatic rings. The molecule has 1 amide bonds. The molecule has 0 saturated heterocycles. The van der Waals surface area contributed by atoms with Gasteiger partial charge in [0.15, 0.2) is 0 Å². The lowest BCUT2D eigenvalue weighted by Gasteiger charge is -2.01. The molecule has 64 valence electrons. The molecule has 0 saturated carbocycles. The predicted octanol–water partition coefficient (Wildman–Crippen LogP) is -1.08. The first-order chi connectivity index (χ1) is 4.86. The van der Waals surface area contributed by atoms with Gasteiger partial charge in [-0.05, 0) is 6.92 Å². The summed E-state index contributed by atoms with van der Waals surface area (Å²) in [4.78, 5) is 10.1. The molecule has 0 aliphatic rings. The fourth-order valence-electron chi connectivity index (χ4n) is 0.289. The van der Waals surface area contributed by atoms with E-state index < -0.39 is 22.5 Å². The number of rotatable bonds is 4. The van der Waals surface area contributed by atoms with Gasteiger partial charge in [-0.2, -0.15) is 0 Å². The van der Waals surface area contributed by atoms with E-state index in [1.165, 1.54) is 6.92 Å². The van der Waals surface area contributed by atoms with Crippen LogP contribution in [0, 0.1) is 0 Å². The lowest BCUT2D eigenvalue weighted by molar-refractivity contribution is -0.116. The van der Waals surface area contributed by atoms with Crippen LogP contribution in [-0.4, -0.2) is 20.9 Å². The number of primary amides is 1. The largest absolute Gasteiger partial charge is 0.369 e. The smallest absolute Gasteiger partial charge is 0.236 e. The number of nitrogens with one attached hydrogen (secondary N) is 1. The molecule has 0 heterocycles. The zero-order chi connectivity index (χ0) is 9.07. The molecule has 5 nitrogen and oxygen atoms in total. The highest BCUT2D eigenvalue weighted by molar-refractivity contribution is 7.93. The van der Waals surface area contributed by atoms with E-state index in [0.717, 1.165) is 0 Å². The monoisotopic (exact) mass is 178 g/mol. The van der Waals surface area contributed by atoms with Crippen molar-refractivity contribution < 1.29 is 13.2 Å². The summed E-state index contributed by atoms with van der Waals surface area (Å²) in [7, 11) is -3.54. The first kappa shape index (κ1) is 10.1. The van der Waals surface area contributed by atoms with Crippen molar-refractivity contribution in [2.75, 3.05) is 6.54 Å². The van der Waals surface area contributed by atoms with Gasteiger partial charge in [-0.1, -0.05) is 6.58 Å². The van der Waals surface area contributed by atoms with E-state index in [4.69, 9.17) is 5.73 Å². The van der Waals surface area contributed by atoms with Crippen LogP contribution in [0.25, 0.3) is 0 Å². The Morgan fingerprint density at radius 1 is 1.64 bits per heavy atom. The van der Waals surface area contributed by atoms with Crippen LogP contribution in [-0.2, 0) is 14.8 Å². The maximum absolute atomic E-state index is 10.8. The summed E-state index contributed by atoms with van der Waals surface area (Å²) in [5.41, 5.74) is 4.70. The average Bonchev–Trinajstić information content (AvgIpc) is 1.84. The fraction of sp³-hybridized carbons (Fsp3) is 0.400. The normalized spacial score (nSPS) is 11.0. The second-order valence-corrected chi connectivity index (χ2v) is 3.99. The van der Waals surface area contributed by atoms with Crippen molar-refractivity contribution >= 4 is 15.9 Å². The molecule has 0 aliphatic carbocycles. The van der Waals surface area contributed by atoms with E-state index in [-0.39, 0.29) is 4.91 Å². The maximum Gasteiger partial charge on any atom is 0.236 e. The summed E-state index contributed by atoms with van der Waals surface area (Å²) in [5.74, 6) is -0.727. The van der Waals surface area contributed by atoms with Gasteiger partial charge in [0.25, 0.3) is 0 Å². The van der Waals surface area contributed by atoms with Gasteiger partial charge >= 0.3 is 0 Å². The summed E-state index contributed by atoms with van der Waals surface area (Å²) in [5, 5.41) is 0. The minimum absolute atomic E-state index is 0.0428. The number of sulfonamides is 1. The Morgan fingerprint density at radius 3 is 2.36 bits per heavy atom. The molecule has 0 atom stereocenters. The third-order valence-corrected chi connectivity index (χ3v) is 2.34. The third-order valence-electron chi connectivity index (χ3n) is 0.895. The van der Waals surface area contributed by atoms with Crippen molar-refractivity contribution in [2.24, 2.45) is 5.73 Å². The molecular weight excluding hydrogens is 168 g/mol. The molecule has 0 spiro atoms. The van der Waals surface area contributed by atoms with Gasteiger partial charge in [-0.15, -0.1) is 0 Å². The highest BCUT2D eigenvalue weighted by Gasteiger charge is 2.10. The standard InChI is InChI=1S/C5H10N2O3S/c1-4(2)11(9,10)7-3-5(6)8/h7H,1,3H2,2H3,(H2,6,8). The van der Waals surface area contributed by atoms with Crippen molar-refractivity contribution in [1.29, 1.82) is 0 Å². The topological polar surface area (TPSA) is 89.3 Å². The minimum atomic E-state index is -3.54. The van der Waals surface area contributed by atoms with Crippen LogP contribution < -0.4 is 10.5 Å². The van der Waals surface area contributed by atoms with Gasteiger partial charge in [-0.25, -0.2) is 13.1 Å². The van der Waals surface area contributed by atoms with Crippen LogP contribution in [0.5, 0.6) is 0 Å². The summed E-state index contributed by atoms with van der Waals surface area (Å²) >= 11 is 0. The second kappa shape index (κ2) is 3.49. The molecule has 0 aliphatic heterocycles. The molecule has 0 radical (unpaired) electrons. The summed E-state index contributed by atoms with van der Waals surface area (Å²) < 4.78 is 23.6. The third kappa shape index (κ3) is 3.74. The van der Waals surface area contributed by atoms with Crippen LogP contribution in [0.4, 0.5) is 0 Å². The number of allylic oxidation sites excluding steroid dienone is 1. The maximum atomic E-state index is 10.8. The first-order valence-electron chi connectivity index (χ1n) is 2.80. The highest BCUT2D eigenvalue weighted by atomic mass is 32.2. The average molecular weight is 178 g/mol. The number of carbonyl (C=O) groups is 1. The molecule has 0 unspecified atom stereocenters. The van der Waals surface area contributed by atoms with Gasteiger partial charge in [0.2, 0.25) is 15.9 Å². The zero-order valence-corrected chi connectivity index (χ0v) is 6.94. The Bertz CT molecular complexity index is 267. The molecular formula is C5H10N2O3S.